The van der Waals surface area contributed by atoms with Crippen LogP contribution < -0.4 is 0 Å². The first kappa shape index (κ1) is 9.38. The van der Waals surface area contributed by atoms with Crippen molar-refractivity contribution in [3.05, 3.63) is 39.3 Å². The second kappa shape index (κ2) is 3.52. The van der Waals surface area contributed by atoms with Crippen molar-refractivity contribution in [2.24, 2.45) is 5.18 Å². The van der Waals surface area contributed by atoms with E-state index in [-0.39, 0.29) is 6.04 Å². The smallest absolute Gasteiger partial charge is 0.117 e. The Hall–Kier alpha value is -1.18. The van der Waals surface area contributed by atoms with Gasteiger partial charge >= 0.3 is 0 Å². The molecule has 0 N–H and O–H groups in total. The summed E-state index contributed by atoms with van der Waals surface area (Å²) in [5, 5.41) is 3.22. The van der Waals surface area contributed by atoms with Gasteiger partial charge < -0.3 is 0 Å². The quantitative estimate of drug-likeness (QED) is 0.622. The minimum absolute atomic E-state index is 0.0997. The van der Waals surface area contributed by atoms with E-state index in [0.29, 0.717) is 0 Å². The van der Waals surface area contributed by atoms with Crippen LogP contribution in [0, 0.1) is 18.8 Å². The Balaban J connectivity index is 2.56. The summed E-state index contributed by atoms with van der Waals surface area (Å²) in [6.45, 7) is 4.20. The minimum Gasteiger partial charge on any atom is -0.150 e. The molecule has 1 aromatic rings. The molecule has 1 aliphatic carbocycles. The summed E-state index contributed by atoms with van der Waals surface area (Å²) < 4.78 is 0. The summed E-state index contributed by atoms with van der Waals surface area (Å²) in [5.74, 6) is 0. The van der Waals surface area contributed by atoms with Gasteiger partial charge in [0, 0.05) is 0 Å². The average Bonchev–Trinajstić information content (AvgIpc) is 2.17. The molecule has 0 aromatic heterocycles. The van der Waals surface area contributed by atoms with Crippen molar-refractivity contribution in [3.63, 3.8) is 0 Å². The molecule has 74 valence electrons. The molecule has 1 aromatic carbocycles. The zero-order chi connectivity index (χ0) is 10.1. The lowest BCUT2D eigenvalue weighted by atomic mass is 9.84. The number of benzene rings is 1. The Morgan fingerprint density at radius 1 is 1.36 bits per heavy atom. The maximum absolute atomic E-state index is 10.7. The molecule has 2 rings (SSSR count). The summed E-state index contributed by atoms with van der Waals surface area (Å²) in [7, 11) is 0. The van der Waals surface area contributed by atoms with Crippen LogP contribution in [0.4, 0.5) is 0 Å². The summed E-state index contributed by atoms with van der Waals surface area (Å²) in [6.07, 6.45) is 3.11. The van der Waals surface area contributed by atoms with Gasteiger partial charge in [0.25, 0.3) is 0 Å². The van der Waals surface area contributed by atoms with Gasteiger partial charge in [-0.3, -0.25) is 0 Å². The third kappa shape index (κ3) is 1.45. The van der Waals surface area contributed by atoms with Gasteiger partial charge in [0.2, 0.25) is 0 Å². The van der Waals surface area contributed by atoms with Crippen LogP contribution >= 0.6 is 0 Å². The standard InChI is InChI=1S/C12H15NO/c1-8-6-9(2)10-4-3-5-12(13-14)11(10)7-8/h6-7,12H,3-5H2,1-2H3. The Kier molecular flexibility index (Phi) is 2.36. The van der Waals surface area contributed by atoms with E-state index in [1.165, 1.54) is 22.3 Å². The highest BCUT2D eigenvalue weighted by atomic mass is 16.3. The summed E-state index contributed by atoms with van der Waals surface area (Å²) in [6, 6.07) is 4.21. The van der Waals surface area contributed by atoms with Gasteiger partial charge in [-0.1, -0.05) is 22.9 Å². The summed E-state index contributed by atoms with van der Waals surface area (Å²) in [5.41, 5.74) is 5.07. The van der Waals surface area contributed by atoms with Gasteiger partial charge in [-0.15, -0.1) is 0 Å². The topological polar surface area (TPSA) is 29.4 Å². The summed E-state index contributed by atoms with van der Waals surface area (Å²) >= 11 is 0. The predicted octanol–water partition coefficient (Wildman–Crippen LogP) is 3.45. The van der Waals surface area contributed by atoms with Crippen LogP contribution in [0.1, 0.15) is 41.1 Å². The Bertz CT molecular complexity index is 371. The van der Waals surface area contributed by atoms with Crippen molar-refractivity contribution in [3.8, 4) is 0 Å². The zero-order valence-electron chi connectivity index (χ0n) is 8.71. The third-order valence-corrected chi connectivity index (χ3v) is 3.04. The van der Waals surface area contributed by atoms with Gasteiger partial charge in [-0.25, -0.2) is 0 Å². The Morgan fingerprint density at radius 2 is 2.14 bits per heavy atom. The predicted molar refractivity (Wildman–Crippen MR) is 57.4 cm³/mol. The highest BCUT2D eigenvalue weighted by molar-refractivity contribution is 5.41. The van der Waals surface area contributed by atoms with E-state index in [0.717, 1.165) is 19.3 Å². The molecule has 1 unspecified atom stereocenters. The first-order valence-electron chi connectivity index (χ1n) is 5.15. The number of aryl methyl sites for hydroxylation is 2. The fraction of sp³-hybridized carbons (Fsp3) is 0.500. The third-order valence-electron chi connectivity index (χ3n) is 3.04. The van der Waals surface area contributed by atoms with Crippen molar-refractivity contribution < 1.29 is 0 Å². The van der Waals surface area contributed by atoms with E-state index in [1.54, 1.807) is 0 Å². The second-order valence-corrected chi connectivity index (χ2v) is 4.16. The zero-order valence-corrected chi connectivity index (χ0v) is 8.71. The van der Waals surface area contributed by atoms with Crippen LogP contribution in [0.2, 0.25) is 0 Å². The monoisotopic (exact) mass is 189 g/mol. The number of rotatable bonds is 1. The van der Waals surface area contributed by atoms with Crippen LogP contribution in [0.3, 0.4) is 0 Å². The van der Waals surface area contributed by atoms with Gasteiger partial charge in [0.15, 0.2) is 0 Å². The van der Waals surface area contributed by atoms with Crippen LogP contribution in [-0.2, 0) is 6.42 Å². The van der Waals surface area contributed by atoms with Gasteiger partial charge in [-0.05, 0) is 49.8 Å². The lowest BCUT2D eigenvalue weighted by Crippen LogP contribution is -2.09. The van der Waals surface area contributed by atoms with Crippen molar-refractivity contribution >= 4 is 0 Å². The molecular weight excluding hydrogens is 174 g/mol. The molecule has 2 heteroatoms. The molecule has 0 spiro atoms. The molecular formula is C12H15NO. The van der Waals surface area contributed by atoms with Crippen molar-refractivity contribution in [2.75, 3.05) is 0 Å². The molecule has 0 fully saturated rings. The number of hydrogen-bond acceptors (Lipinski definition) is 2. The van der Waals surface area contributed by atoms with Gasteiger partial charge in [0.1, 0.15) is 6.04 Å². The lowest BCUT2D eigenvalue weighted by Gasteiger charge is -2.22. The van der Waals surface area contributed by atoms with Crippen molar-refractivity contribution in [1.82, 2.24) is 0 Å². The van der Waals surface area contributed by atoms with Crippen molar-refractivity contribution in [2.45, 2.75) is 39.2 Å². The fourth-order valence-corrected chi connectivity index (χ4v) is 2.41. The van der Waals surface area contributed by atoms with E-state index in [4.69, 9.17) is 0 Å². The molecule has 0 saturated heterocycles. The molecule has 2 nitrogen and oxygen atoms in total. The minimum atomic E-state index is -0.0997. The molecule has 0 heterocycles. The Labute approximate surface area is 84.3 Å². The second-order valence-electron chi connectivity index (χ2n) is 4.16. The maximum atomic E-state index is 10.7. The van der Waals surface area contributed by atoms with Crippen LogP contribution in [0.25, 0.3) is 0 Å². The average molecular weight is 189 g/mol. The van der Waals surface area contributed by atoms with E-state index in [2.05, 4.69) is 31.2 Å². The van der Waals surface area contributed by atoms with Crippen LogP contribution in [0.5, 0.6) is 0 Å². The SMILES string of the molecule is Cc1cc(C)c2c(c1)C(N=O)CCC2. The van der Waals surface area contributed by atoms with E-state index >= 15 is 0 Å². The van der Waals surface area contributed by atoms with Gasteiger partial charge in [-0.2, -0.15) is 4.91 Å². The molecule has 0 amide bonds. The van der Waals surface area contributed by atoms with Crippen LogP contribution in [-0.4, -0.2) is 0 Å². The highest BCUT2D eigenvalue weighted by Gasteiger charge is 2.22. The maximum Gasteiger partial charge on any atom is 0.117 e. The Morgan fingerprint density at radius 3 is 2.86 bits per heavy atom. The largest absolute Gasteiger partial charge is 0.150 e. The first-order valence-corrected chi connectivity index (χ1v) is 5.15. The fourth-order valence-electron chi connectivity index (χ4n) is 2.41. The number of fused-ring (bicyclic) bond motifs is 1. The normalized spacial score (nSPS) is 20.3. The van der Waals surface area contributed by atoms with E-state index in [9.17, 15) is 4.91 Å². The molecule has 1 atom stereocenters. The summed E-state index contributed by atoms with van der Waals surface area (Å²) in [4.78, 5) is 10.7. The van der Waals surface area contributed by atoms with E-state index in [1.807, 2.05) is 0 Å². The van der Waals surface area contributed by atoms with Gasteiger partial charge in [0.05, 0.1) is 0 Å². The van der Waals surface area contributed by atoms with Crippen LogP contribution in [0.15, 0.2) is 17.3 Å². The van der Waals surface area contributed by atoms with E-state index < -0.39 is 0 Å². The molecule has 0 saturated carbocycles. The molecule has 0 radical (unpaired) electrons. The number of nitroso groups, excluding NO2 is 1. The first-order chi connectivity index (χ1) is 6.72. The number of hydrogen-bond donors (Lipinski definition) is 0. The molecule has 14 heavy (non-hydrogen) atoms. The highest BCUT2D eigenvalue weighted by Crippen LogP contribution is 2.34. The lowest BCUT2D eigenvalue weighted by molar-refractivity contribution is 0.567. The van der Waals surface area contributed by atoms with Crippen molar-refractivity contribution in [1.29, 1.82) is 0 Å². The molecule has 0 bridgehead atoms. The molecule has 0 aliphatic heterocycles. The number of nitrogens with zero attached hydrogens (tertiary/aromatic N) is 1. The molecule has 1 aliphatic rings.